The molecule has 0 spiro atoms. The summed E-state index contributed by atoms with van der Waals surface area (Å²) in [5.74, 6) is -0.183. The second-order valence-electron chi connectivity index (χ2n) is 5.14. The van der Waals surface area contributed by atoms with E-state index in [0.29, 0.717) is 5.56 Å². The van der Waals surface area contributed by atoms with Crippen molar-refractivity contribution < 1.29 is 23.0 Å². The number of rotatable bonds is 5. The van der Waals surface area contributed by atoms with Crippen LogP contribution in [0.3, 0.4) is 0 Å². The molecule has 0 atom stereocenters. The Hall–Kier alpha value is -1.89. The molecule has 22 heavy (non-hydrogen) atoms. The van der Waals surface area contributed by atoms with E-state index in [-0.39, 0.29) is 23.4 Å². The molecule has 122 valence electrons. The lowest BCUT2D eigenvalue weighted by atomic mass is 10.0. The Morgan fingerprint density at radius 2 is 2.00 bits per heavy atom. The van der Waals surface area contributed by atoms with Gasteiger partial charge >= 0.3 is 6.61 Å². The van der Waals surface area contributed by atoms with Crippen LogP contribution in [0.25, 0.3) is 0 Å². The van der Waals surface area contributed by atoms with Gasteiger partial charge in [-0.3, -0.25) is 4.79 Å². The van der Waals surface area contributed by atoms with Crippen LogP contribution in [0.15, 0.2) is 18.2 Å². The molecule has 0 aliphatic carbocycles. The minimum absolute atomic E-state index is 0.137. The maximum Gasteiger partial charge on any atom is 0.387 e. The van der Waals surface area contributed by atoms with Gasteiger partial charge in [0.1, 0.15) is 0 Å². The van der Waals surface area contributed by atoms with Gasteiger partial charge < -0.3 is 19.7 Å². The molecule has 0 aromatic heterocycles. The van der Waals surface area contributed by atoms with Gasteiger partial charge in [-0.2, -0.15) is 8.78 Å². The third-order valence-electron chi connectivity index (χ3n) is 3.80. The Balaban J connectivity index is 2.17. The minimum Gasteiger partial charge on any atom is -0.493 e. The van der Waals surface area contributed by atoms with E-state index in [2.05, 4.69) is 10.1 Å². The Bertz CT molecular complexity index is 520. The molecule has 5 nitrogen and oxygen atoms in total. The molecule has 1 aromatic rings. The first kappa shape index (κ1) is 16.5. The highest BCUT2D eigenvalue weighted by Gasteiger charge is 2.24. The van der Waals surface area contributed by atoms with Crippen molar-refractivity contribution in [3.8, 4) is 11.5 Å². The van der Waals surface area contributed by atoms with E-state index >= 15 is 0 Å². The Morgan fingerprint density at radius 1 is 1.32 bits per heavy atom. The van der Waals surface area contributed by atoms with Crippen LogP contribution >= 0.6 is 0 Å². The van der Waals surface area contributed by atoms with Crippen LogP contribution < -0.4 is 14.8 Å². The molecule has 1 aliphatic rings. The molecule has 0 saturated carbocycles. The molecule has 0 bridgehead atoms. The van der Waals surface area contributed by atoms with Crippen molar-refractivity contribution in [2.75, 3.05) is 27.2 Å². The van der Waals surface area contributed by atoms with Gasteiger partial charge in [-0.25, -0.2) is 0 Å². The first-order chi connectivity index (χ1) is 10.5. The highest BCUT2D eigenvalue weighted by Crippen LogP contribution is 2.30. The number of hydrogen-bond acceptors (Lipinski definition) is 4. The lowest BCUT2D eigenvalue weighted by Gasteiger charge is -2.31. The van der Waals surface area contributed by atoms with Gasteiger partial charge in [0, 0.05) is 18.7 Å². The molecule has 1 saturated heterocycles. The number of methoxy groups -OCH3 is 1. The van der Waals surface area contributed by atoms with Crippen molar-refractivity contribution in [1.82, 2.24) is 10.2 Å². The van der Waals surface area contributed by atoms with Gasteiger partial charge in [-0.1, -0.05) is 0 Å². The van der Waals surface area contributed by atoms with Crippen molar-refractivity contribution in [2.24, 2.45) is 0 Å². The summed E-state index contributed by atoms with van der Waals surface area (Å²) in [5.41, 5.74) is 0.303. The van der Waals surface area contributed by atoms with Crippen LogP contribution in [0.1, 0.15) is 23.2 Å². The predicted molar refractivity (Wildman–Crippen MR) is 77.6 cm³/mol. The van der Waals surface area contributed by atoms with Crippen LogP contribution in [-0.2, 0) is 0 Å². The fourth-order valence-electron chi connectivity index (χ4n) is 2.56. The topological polar surface area (TPSA) is 50.8 Å². The number of hydrogen-bond donors (Lipinski definition) is 1. The quantitative estimate of drug-likeness (QED) is 0.904. The monoisotopic (exact) mass is 314 g/mol. The summed E-state index contributed by atoms with van der Waals surface area (Å²) >= 11 is 0. The van der Waals surface area contributed by atoms with Gasteiger partial charge in [0.25, 0.3) is 5.91 Å². The largest absolute Gasteiger partial charge is 0.493 e. The standard InChI is InChI=1S/C15H20F2N2O3/c1-19(11-5-7-18-8-6-11)14(20)10-3-4-12(21-2)13(9-10)22-15(16)17/h3-4,9,11,15,18H,5-8H2,1-2H3. The number of benzene rings is 1. The third-order valence-corrected chi connectivity index (χ3v) is 3.80. The van der Waals surface area contributed by atoms with Gasteiger partial charge in [0.15, 0.2) is 11.5 Å². The second kappa shape index (κ2) is 7.40. The zero-order chi connectivity index (χ0) is 16.1. The SMILES string of the molecule is COc1ccc(C(=O)N(C)C2CCNCC2)cc1OC(F)F. The van der Waals surface area contributed by atoms with Crippen LogP contribution in [0.4, 0.5) is 8.78 Å². The first-order valence-electron chi connectivity index (χ1n) is 7.13. The van der Waals surface area contributed by atoms with Crippen molar-refractivity contribution >= 4 is 5.91 Å². The third kappa shape index (κ3) is 3.85. The summed E-state index contributed by atoms with van der Waals surface area (Å²) < 4.78 is 34.3. The number of nitrogens with one attached hydrogen (secondary N) is 1. The van der Waals surface area contributed by atoms with Gasteiger partial charge in [0.2, 0.25) is 0 Å². The molecular formula is C15H20F2N2O3. The summed E-state index contributed by atoms with van der Waals surface area (Å²) in [6, 6.07) is 4.46. The molecule has 0 radical (unpaired) electrons. The molecule has 1 N–H and O–H groups in total. The lowest BCUT2D eigenvalue weighted by molar-refractivity contribution is -0.0512. The Morgan fingerprint density at radius 3 is 2.59 bits per heavy atom. The normalized spacial score (nSPS) is 15.7. The van der Waals surface area contributed by atoms with Crippen molar-refractivity contribution in [3.05, 3.63) is 23.8 Å². The molecule has 1 aromatic carbocycles. The summed E-state index contributed by atoms with van der Waals surface area (Å²) in [5, 5.41) is 3.24. The fourth-order valence-corrected chi connectivity index (χ4v) is 2.56. The summed E-state index contributed by atoms with van der Waals surface area (Å²) in [6.45, 7) is -1.24. The lowest BCUT2D eigenvalue weighted by Crippen LogP contribution is -2.43. The molecule has 0 unspecified atom stereocenters. The van der Waals surface area contributed by atoms with Crippen LogP contribution in [0, 0.1) is 0 Å². The van der Waals surface area contributed by atoms with Crippen LogP contribution in [0.2, 0.25) is 0 Å². The van der Waals surface area contributed by atoms with Crippen molar-refractivity contribution in [1.29, 1.82) is 0 Å². The maximum atomic E-state index is 12.5. The molecule has 1 fully saturated rings. The molecule has 2 rings (SSSR count). The van der Waals surface area contributed by atoms with E-state index in [0.717, 1.165) is 25.9 Å². The van der Waals surface area contributed by atoms with E-state index in [9.17, 15) is 13.6 Å². The highest BCUT2D eigenvalue weighted by molar-refractivity contribution is 5.95. The summed E-state index contributed by atoms with van der Waals surface area (Å²) in [7, 11) is 3.09. The zero-order valence-electron chi connectivity index (χ0n) is 12.6. The van der Waals surface area contributed by atoms with Gasteiger partial charge in [0.05, 0.1) is 7.11 Å². The number of carbonyl (C=O) groups is 1. The van der Waals surface area contributed by atoms with E-state index in [4.69, 9.17) is 4.74 Å². The summed E-state index contributed by atoms with van der Waals surface area (Å²) in [6.07, 6.45) is 1.75. The van der Waals surface area contributed by atoms with Crippen LogP contribution in [0.5, 0.6) is 11.5 Å². The molecule has 1 heterocycles. The summed E-state index contributed by atoms with van der Waals surface area (Å²) in [4.78, 5) is 14.2. The molecule has 1 amide bonds. The van der Waals surface area contributed by atoms with E-state index < -0.39 is 6.61 Å². The first-order valence-corrected chi connectivity index (χ1v) is 7.13. The van der Waals surface area contributed by atoms with Crippen LogP contribution in [-0.4, -0.2) is 50.7 Å². The van der Waals surface area contributed by atoms with E-state index in [1.165, 1.54) is 19.2 Å². The molecule has 1 aliphatic heterocycles. The Kier molecular flexibility index (Phi) is 5.54. The van der Waals surface area contributed by atoms with E-state index in [1.54, 1.807) is 18.0 Å². The van der Waals surface area contributed by atoms with Gasteiger partial charge in [-0.15, -0.1) is 0 Å². The number of piperidine rings is 1. The second-order valence-corrected chi connectivity index (χ2v) is 5.14. The number of halogens is 2. The number of amides is 1. The number of carbonyl (C=O) groups excluding carboxylic acids is 1. The zero-order valence-corrected chi connectivity index (χ0v) is 12.6. The minimum atomic E-state index is -2.97. The van der Waals surface area contributed by atoms with Crippen molar-refractivity contribution in [2.45, 2.75) is 25.5 Å². The van der Waals surface area contributed by atoms with Gasteiger partial charge in [-0.05, 0) is 44.1 Å². The fraction of sp³-hybridized carbons (Fsp3) is 0.533. The number of ether oxygens (including phenoxy) is 2. The van der Waals surface area contributed by atoms with E-state index in [1.807, 2.05) is 0 Å². The molecule has 7 heteroatoms. The molecular weight excluding hydrogens is 294 g/mol. The maximum absolute atomic E-state index is 12.5. The average Bonchev–Trinajstić information content (AvgIpc) is 2.53. The predicted octanol–water partition coefficient (Wildman–Crippen LogP) is 2.12. The smallest absolute Gasteiger partial charge is 0.387 e. The number of alkyl halides is 2. The average molecular weight is 314 g/mol. The highest BCUT2D eigenvalue weighted by atomic mass is 19.3. The van der Waals surface area contributed by atoms with Crippen molar-refractivity contribution in [3.63, 3.8) is 0 Å². The number of nitrogens with zero attached hydrogens (tertiary/aromatic N) is 1. The Labute approximate surface area is 128 Å².